The molecule has 0 saturated carbocycles. The number of ether oxygens (including phenoxy) is 10. The molecule has 0 aromatic heterocycles. The molecule has 4 unspecified atom stereocenters. The Kier molecular flexibility index (Phi) is 14.1. The summed E-state index contributed by atoms with van der Waals surface area (Å²) in [7, 11) is 0. The van der Waals surface area contributed by atoms with Gasteiger partial charge in [-0.15, -0.1) is 0 Å². The Morgan fingerprint density at radius 1 is 0.543 bits per heavy atom. The molecular formula is C26H35N3O17. The van der Waals surface area contributed by atoms with Crippen LogP contribution in [0.2, 0.25) is 0 Å². The topological polar surface area (TPSA) is 261 Å². The van der Waals surface area contributed by atoms with Crippen molar-refractivity contribution in [1.29, 1.82) is 0 Å². The summed E-state index contributed by atoms with van der Waals surface area (Å²) in [5.41, 5.74) is 9.27. The standard InChI is InChI=1S/C26H35N3O17/c1-10(30)37-8-17-20(22(40-13(4)33)19(28-29-27)25(44-17)43-16(7)36)46-26-24(42-15(6)35)23(41-14(5)34)21(39-12(3)32)18(45-26)9-38-11(2)31/h17-26H,8-9H2,1-7H3/t17?,18?,19?,20-,21-,22+,23-,24?,25+,26-/m0/s1. The van der Waals surface area contributed by atoms with E-state index in [0.717, 1.165) is 48.5 Å². The highest BCUT2D eigenvalue weighted by atomic mass is 16.8. The fraction of sp³-hybridized carbons (Fsp3) is 0.731. The van der Waals surface area contributed by atoms with Gasteiger partial charge >= 0.3 is 41.8 Å². The molecule has 0 bridgehead atoms. The molecule has 20 heteroatoms. The average molecular weight is 662 g/mol. The number of hydrogen-bond donors (Lipinski definition) is 0. The molecule has 20 nitrogen and oxygen atoms in total. The summed E-state index contributed by atoms with van der Waals surface area (Å²) in [6.45, 7) is 6.06. The Morgan fingerprint density at radius 2 is 0.957 bits per heavy atom. The van der Waals surface area contributed by atoms with Crippen LogP contribution in [-0.2, 0) is 80.9 Å². The fourth-order valence-corrected chi connectivity index (χ4v) is 4.61. The number of azide groups is 1. The normalized spacial score (nSPS) is 30.3. The van der Waals surface area contributed by atoms with E-state index in [0.29, 0.717) is 0 Å². The number of nitrogens with zero attached hydrogens (tertiary/aromatic N) is 3. The second-order valence-corrected chi connectivity index (χ2v) is 9.89. The summed E-state index contributed by atoms with van der Waals surface area (Å²) in [4.78, 5) is 86.6. The van der Waals surface area contributed by atoms with Crippen LogP contribution in [-0.4, -0.2) is 116 Å². The van der Waals surface area contributed by atoms with Crippen LogP contribution in [0.5, 0.6) is 0 Å². The lowest BCUT2D eigenvalue weighted by Crippen LogP contribution is -2.66. The number of rotatable bonds is 12. The lowest BCUT2D eigenvalue weighted by Gasteiger charge is -2.48. The van der Waals surface area contributed by atoms with Crippen LogP contribution in [0.1, 0.15) is 48.5 Å². The van der Waals surface area contributed by atoms with Crippen molar-refractivity contribution in [3.63, 3.8) is 0 Å². The maximum absolute atomic E-state index is 12.2. The van der Waals surface area contributed by atoms with Gasteiger partial charge in [-0.3, -0.25) is 33.6 Å². The number of carbonyl (C=O) groups excluding carboxylic acids is 7. The molecule has 2 fully saturated rings. The maximum atomic E-state index is 12.2. The van der Waals surface area contributed by atoms with Crippen molar-refractivity contribution in [2.24, 2.45) is 5.11 Å². The number of hydrogen-bond acceptors (Lipinski definition) is 18. The van der Waals surface area contributed by atoms with E-state index in [4.69, 9.17) is 47.4 Å². The summed E-state index contributed by atoms with van der Waals surface area (Å²) in [6.07, 6.45) is -14.5. The molecule has 0 aromatic rings. The summed E-state index contributed by atoms with van der Waals surface area (Å²) < 4.78 is 54.7. The summed E-state index contributed by atoms with van der Waals surface area (Å²) in [6, 6.07) is -1.60. The third kappa shape index (κ3) is 11.1. The van der Waals surface area contributed by atoms with Gasteiger partial charge in [0, 0.05) is 53.4 Å². The molecule has 0 N–H and O–H groups in total. The number of esters is 7. The van der Waals surface area contributed by atoms with E-state index in [1.54, 1.807) is 0 Å². The highest BCUT2D eigenvalue weighted by molar-refractivity contribution is 5.69. The predicted octanol–water partition coefficient (Wildman–Crippen LogP) is -0.0836. The largest absolute Gasteiger partial charge is 0.463 e. The van der Waals surface area contributed by atoms with Crippen LogP contribution in [0, 0.1) is 0 Å². The van der Waals surface area contributed by atoms with Crippen molar-refractivity contribution in [1.82, 2.24) is 0 Å². The SMILES string of the molecule is CC(=O)OCC1O[C@@H](OC(C)=O)C(N=[N+]=[N-])[C@@H](OC(C)=O)[C@H]1O[C@@H]1OC(COC(C)=O)[C@H](OC(C)=O)[C@H](OC(C)=O)C1OC(C)=O. The Bertz CT molecular complexity index is 1220. The van der Waals surface area contributed by atoms with Gasteiger partial charge in [0.1, 0.15) is 43.7 Å². The maximum Gasteiger partial charge on any atom is 0.304 e. The third-order valence-electron chi connectivity index (χ3n) is 6.07. The van der Waals surface area contributed by atoms with Crippen LogP contribution in [0.4, 0.5) is 0 Å². The predicted molar refractivity (Wildman–Crippen MR) is 142 cm³/mol. The van der Waals surface area contributed by atoms with Crippen molar-refractivity contribution in [2.45, 2.75) is 110 Å². The van der Waals surface area contributed by atoms with Gasteiger partial charge in [0.25, 0.3) is 0 Å². The lowest BCUT2D eigenvalue weighted by molar-refractivity contribution is -0.347. The lowest BCUT2D eigenvalue weighted by atomic mass is 9.95. The van der Waals surface area contributed by atoms with E-state index < -0.39 is 116 Å². The van der Waals surface area contributed by atoms with Crippen LogP contribution >= 0.6 is 0 Å². The molecular weight excluding hydrogens is 626 g/mol. The molecule has 256 valence electrons. The first kappa shape index (κ1) is 37.7. The van der Waals surface area contributed by atoms with E-state index in [2.05, 4.69) is 10.0 Å². The molecule has 0 amide bonds. The molecule has 0 radical (unpaired) electrons. The molecule has 2 aliphatic heterocycles. The summed E-state index contributed by atoms with van der Waals surface area (Å²) in [5.74, 6) is -6.06. The molecule has 0 spiro atoms. The average Bonchev–Trinajstić information content (AvgIpc) is 2.91. The molecule has 2 rings (SSSR count). The van der Waals surface area contributed by atoms with Crippen molar-refractivity contribution in [3.05, 3.63) is 10.4 Å². The van der Waals surface area contributed by atoms with Gasteiger partial charge in [0.2, 0.25) is 6.29 Å². The Balaban J connectivity index is 2.72. The zero-order valence-corrected chi connectivity index (χ0v) is 26.0. The molecule has 2 heterocycles. The van der Waals surface area contributed by atoms with Gasteiger partial charge in [-0.25, -0.2) is 0 Å². The first-order valence-electron chi connectivity index (χ1n) is 13.7. The van der Waals surface area contributed by atoms with E-state index in [1.807, 2.05) is 0 Å². The van der Waals surface area contributed by atoms with Crippen molar-refractivity contribution < 1.29 is 80.9 Å². The molecule has 0 aromatic carbocycles. The van der Waals surface area contributed by atoms with Gasteiger partial charge in [-0.05, 0) is 5.53 Å². The van der Waals surface area contributed by atoms with Gasteiger partial charge in [0.05, 0.1) is 0 Å². The summed E-state index contributed by atoms with van der Waals surface area (Å²) >= 11 is 0. The van der Waals surface area contributed by atoms with Gasteiger partial charge in [0.15, 0.2) is 24.6 Å². The smallest absolute Gasteiger partial charge is 0.304 e. The Morgan fingerprint density at radius 3 is 1.41 bits per heavy atom. The van der Waals surface area contributed by atoms with Gasteiger partial charge in [-0.2, -0.15) is 0 Å². The van der Waals surface area contributed by atoms with Crippen molar-refractivity contribution in [3.8, 4) is 0 Å². The zero-order valence-electron chi connectivity index (χ0n) is 26.0. The monoisotopic (exact) mass is 661 g/mol. The van der Waals surface area contributed by atoms with Crippen LogP contribution < -0.4 is 0 Å². The van der Waals surface area contributed by atoms with Gasteiger partial charge < -0.3 is 47.4 Å². The minimum atomic E-state index is -1.82. The first-order valence-corrected chi connectivity index (χ1v) is 13.7. The zero-order chi connectivity index (χ0) is 34.7. The molecule has 46 heavy (non-hydrogen) atoms. The highest BCUT2D eigenvalue weighted by Crippen LogP contribution is 2.35. The van der Waals surface area contributed by atoms with Gasteiger partial charge in [-0.1, -0.05) is 5.11 Å². The van der Waals surface area contributed by atoms with Crippen LogP contribution in [0.15, 0.2) is 5.11 Å². The quantitative estimate of drug-likeness (QED) is 0.0870. The first-order chi connectivity index (χ1) is 21.5. The minimum Gasteiger partial charge on any atom is -0.463 e. The molecule has 0 aliphatic carbocycles. The Hall–Kier alpha value is -4.52. The fourth-order valence-electron chi connectivity index (χ4n) is 4.61. The number of carbonyl (C=O) groups is 7. The molecule has 2 saturated heterocycles. The van der Waals surface area contributed by atoms with E-state index >= 15 is 0 Å². The van der Waals surface area contributed by atoms with E-state index in [-0.39, 0.29) is 0 Å². The molecule has 2 aliphatic rings. The second-order valence-electron chi connectivity index (χ2n) is 9.89. The van der Waals surface area contributed by atoms with Crippen LogP contribution in [0.3, 0.4) is 0 Å². The van der Waals surface area contributed by atoms with Crippen molar-refractivity contribution >= 4 is 41.8 Å². The summed E-state index contributed by atoms with van der Waals surface area (Å²) in [5, 5.41) is 3.56. The Labute approximate surface area is 261 Å². The highest BCUT2D eigenvalue weighted by Gasteiger charge is 2.57. The van der Waals surface area contributed by atoms with Crippen LogP contribution in [0.25, 0.3) is 10.4 Å². The second kappa shape index (κ2) is 17.2. The molecule has 10 atom stereocenters. The third-order valence-corrected chi connectivity index (χ3v) is 6.07. The van der Waals surface area contributed by atoms with E-state index in [1.165, 1.54) is 0 Å². The minimum absolute atomic E-state index is 0.584. The van der Waals surface area contributed by atoms with Crippen molar-refractivity contribution in [2.75, 3.05) is 13.2 Å². The van der Waals surface area contributed by atoms with E-state index in [9.17, 15) is 39.1 Å².